The summed E-state index contributed by atoms with van der Waals surface area (Å²) in [6.45, 7) is 4.36. The maximum atomic E-state index is 5.85. The number of nitrogens with zero attached hydrogens (tertiary/aromatic N) is 1. The first-order valence-corrected chi connectivity index (χ1v) is 6.95. The molecule has 0 aliphatic rings. The van der Waals surface area contributed by atoms with Gasteiger partial charge in [-0.3, -0.25) is 0 Å². The van der Waals surface area contributed by atoms with Crippen molar-refractivity contribution in [2.24, 2.45) is 5.73 Å². The predicted molar refractivity (Wildman–Crippen MR) is 76.8 cm³/mol. The average Bonchev–Trinajstić information content (AvgIpc) is 2.81. The van der Waals surface area contributed by atoms with Crippen LogP contribution in [-0.2, 0) is 6.61 Å². The zero-order chi connectivity index (χ0) is 13.8. The summed E-state index contributed by atoms with van der Waals surface area (Å²) in [5.74, 6) is 1.41. The molecule has 19 heavy (non-hydrogen) atoms. The summed E-state index contributed by atoms with van der Waals surface area (Å²) >= 11 is 1.59. The summed E-state index contributed by atoms with van der Waals surface area (Å²) in [6.07, 6.45) is 0. The minimum Gasteiger partial charge on any atom is -0.493 e. The summed E-state index contributed by atoms with van der Waals surface area (Å²) in [6, 6.07) is 5.73. The maximum Gasteiger partial charge on any atom is 0.161 e. The number of ether oxygens (including phenoxy) is 2. The zero-order valence-corrected chi connectivity index (χ0v) is 12.2. The van der Waals surface area contributed by atoms with Crippen LogP contribution in [-0.4, -0.2) is 12.1 Å². The standard InChI is InChI=1S/C14H18N2O2S/c1-9-8-19-14(16-9)7-18-12-5-4-11(10(2)15)6-13(12)17-3/h4-6,8,10H,7,15H2,1-3H3. The van der Waals surface area contributed by atoms with Crippen molar-refractivity contribution in [2.75, 3.05) is 7.11 Å². The first kappa shape index (κ1) is 13.8. The predicted octanol–water partition coefficient (Wildman–Crippen LogP) is 3.06. The quantitative estimate of drug-likeness (QED) is 0.913. The first-order chi connectivity index (χ1) is 9.10. The van der Waals surface area contributed by atoms with E-state index < -0.39 is 0 Å². The molecule has 0 amide bonds. The summed E-state index contributed by atoms with van der Waals surface area (Å²) < 4.78 is 11.1. The van der Waals surface area contributed by atoms with Gasteiger partial charge in [0.15, 0.2) is 11.5 Å². The lowest BCUT2D eigenvalue weighted by Crippen LogP contribution is -2.05. The van der Waals surface area contributed by atoms with Gasteiger partial charge in [-0.15, -0.1) is 11.3 Å². The maximum absolute atomic E-state index is 5.85. The molecule has 1 heterocycles. The molecule has 1 aromatic carbocycles. The van der Waals surface area contributed by atoms with Gasteiger partial charge in [0.1, 0.15) is 11.6 Å². The molecule has 0 radical (unpaired) electrons. The van der Waals surface area contributed by atoms with Crippen molar-refractivity contribution in [2.45, 2.75) is 26.5 Å². The molecule has 2 aromatic rings. The largest absolute Gasteiger partial charge is 0.493 e. The number of thiazole rings is 1. The lowest BCUT2D eigenvalue weighted by molar-refractivity contribution is 0.283. The first-order valence-electron chi connectivity index (χ1n) is 6.07. The van der Waals surface area contributed by atoms with Crippen LogP contribution in [0.2, 0.25) is 0 Å². The lowest BCUT2D eigenvalue weighted by Gasteiger charge is -2.13. The Morgan fingerprint density at radius 2 is 2.16 bits per heavy atom. The second-order valence-electron chi connectivity index (χ2n) is 4.37. The van der Waals surface area contributed by atoms with Crippen LogP contribution in [0.4, 0.5) is 0 Å². The molecule has 2 N–H and O–H groups in total. The minimum atomic E-state index is -0.0236. The van der Waals surface area contributed by atoms with E-state index in [2.05, 4.69) is 4.98 Å². The topological polar surface area (TPSA) is 57.4 Å². The normalized spacial score (nSPS) is 12.2. The number of hydrogen-bond acceptors (Lipinski definition) is 5. The van der Waals surface area contributed by atoms with Crippen molar-refractivity contribution in [1.29, 1.82) is 0 Å². The van der Waals surface area contributed by atoms with Crippen molar-refractivity contribution >= 4 is 11.3 Å². The van der Waals surface area contributed by atoms with Crippen molar-refractivity contribution in [3.05, 3.63) is 39.8 Å². The van der Waals surface area contributed by atoms with Gasteiger partial charge in [0.2, 0.25) is 0 Å². The Balaban J connectivity index is 2.11. The van der Waals surface area contributed by atoms with Crippen molar-refractivity contribution < 1.29 is 9.47 Å². The third kappa shape index (κ3) is 3.45. The molecule has 0 saturated carbocycles. The van der Waals surface area contributed by atoms with Crippen LogP contribution in [0, 0.1) is 6.92 Å². The highest BCUT2D eigenvalue weighted by molar-refractivity contribution is 7.09. The van der Waals surface area contributed by atoms with E-state index in [1.807, 2.05) is 37.4 Å². The van der Waals surface area contributed by atoms with E-state index in [4.69, 9.17) is 15.2 Å². The highest BCUT2D eigenvalue weighted by Gasteiger charge is 2.09. The Hall–Kier alpha value is -1.59. The number of hydrogen-bond donors (Lipinski definition) is 1. The van der Waals surface area contributed by atoms with Crippen LogP contribution < -0.4 is 15.2 Å². The number of rotatable bonds is 5. The van der Waals surface area contributed by atoms with Gasteiger partial charge in [0.05, 0.1) is 7.11 Å². The van der Waals surface area contributed by atoms with E-state index >= 15 is 0 Å². The lowest BCUT2D eigenvalue weighted by atomic mass is 10.1. The van der Waals surface area contributed by atoms with Crippen molar-refractivity contribution in [1.82, 2.24) is 4.98 Å². The molecule has 1 atom stereocenters. The fraction of sp³-hybridized carbons (Fsp3) is 0.357. The number of methoxy groups -OCH3 is 1. The van der Waals surface area contributed by atoms with E-state index in [1.165, 1.54) is 0 Å². The molecule has 102 valence electrons. The van der Waals surface area contributed by atoms with E-state index in [1.54, 1.807) is 18.4 Å². The van der Waals surface area contributed by atoms with Gasteiger partial charge >= 0.3 is 0 Å². The highest BCUT2D eigenvalue weighted by Crippen LogP contribution is 2.30. The van der Waals surface area contributed by atoms with Gasteiger partial charge in [0.25, 0.3) is 0 Å². The molecule has 1 aromatic heterocycles. The molecule has 0 spiro atoms. The summed E-state index contributed by atoms with van der Waals surface area (Å²) in [5, 5.41) is 2.96. The SMILES string of the molecule is COc1cc(C(C)N)ccc1OCc1nc(C)cs1. The third-order valence-corrected chi connectivity index (χ3v) is 3.67. The van der Waals surface area contributed by atoms with Gasteiger partial charge in [-0.2, -0.15) is 0 Å². The molecule has 0 bridgehead atoms. The Bertz CT molecular complexity index is 552. The van der Waals surface area contributed by atoms with Crippen LogP contribution in [0.3, 0.4) is 0 Å². The molecule has 5 heteroatoms. The van der Waals surface area contributed by atoms with Gasteiger partial charge in [0, 0.05) is 17.1 Å². The number of benzene rings is 1. The Morgan fingerprint density at radius 3 is 2.74 bits per heavy atom. The summed E-state index contributed by atoms with van der Waals surface area (Å²) in [4.78, 5) is 4.36. The van der Waals surface area contributed by atoms with E-state index in [0.717, 1.165) is 16.3 Å². The van der Waals surface area contributed by atoms with Gasteiger partial charge in [-0.1, -0.05) is 6.07 Å². The highest BCUT2D eigenvalue weighted by atomic mass is 32.1. The third-order valence-electron chi connectivity index (χ3n) is 2.73. The molecule has 0 aliphatic heterocycles. The second-order valence-corrected chi connectivity index (χ2v) is 5.31. The van der Waals surface area contributed by atoms with Gasteiger partial charge in [-0.25, -0.2) is 4.98 Å². The smallest absolute Gasteiger partial charge is 0.161 e. The van der Waals surface area contributed by atoms with Crippen LogP contribution in [0.15, 0.2) is 23.6 Å². The monoisotopic (exact) mass is 278 g/mol. The molecular weight excluding hydrogens is 260 g/mol. The van der Waals surface area contributed by atoms with Crippen LogP contribution >= 0.6 is 11.3 Å². The minimum absolute atomic E-state index is 0.0236. The molecule has 2 rings (SSSR count). The van der Waals surface area contributed by atoms with E-state index in [9.17, 15) is 0 Å². The van der Waals surface area contributed by atoms with Gasteiger partial charge < -0.3 is 15.2 Å². The van der Waals surface area contributed by atoms with Crippen LogP contribution in [0.1, 0.15) is 29.2 Å². The number of nitrogens with two attached hydrogens (primary N) is 1. The molecule has 0 saturated heterocycles. The van der Waals surface area contributed by atoms with Crippen molar-refractivity contribution in [3.63, 3.8) is 0 Å². The zero-order valence-electron chi connectivity index (χ0n) is 11.3. The van der Waals surface area contributed by atoms with Crippen LogP contribution in [0.5, 0.6) is 11.5 Å². The average molecular weight is 278 g/mol. The Labute approximate surface area is 117 Å². The van der Waals surface area contributed by atoms with Crippen LogP contribution in [0.25, 0.3) is 0 Å². The summed E-state index contributed by atoms with van der Waals surface area (Å²) in [5.41, 5.74) is 7.89. The van der Waals surface area contributed by atoms with Gasteiger partial charge in [-0.05, 0) is 31.5 Å². The number of aryl methyl sites for hydroxylation is 1. The molecule has 0 aliphatic carbocycles. The summed E-state index contributed by atoms with van der Waals surface area (Å²) in [7, 11) is 1.63. The Kier molecular flexibility index (Phi) is 4.39. The number of aromatic nitrogens is 1. The molecule has 0 fully saturated rings. The fourth-order valence-corrected chi connectivity index (χ4v) is 2.38. The second kappa shape index (κ2) is 6.04. The molecule has 1 unspecified atom stereocenters. The van der Waals surface area contributed by atoms with E-state index in [-0.39, 0.29) is 6.04 Å². The van der Waals surface area contributed by atoms with Crippen molar-refractivity contribution in [3.8, 4) is 11.5 Å². The fourth-order valence-electron chi connectivity index (χ4n) is 1.70. The molecule has 4 nitrogen and oxygen atoms in total. The Morgan fingerprint density at radius 1 is 1.37 bits per heavy atom. The van der Waals surface area contributed by atoms with E-state index in [0.29, 0.717) is 18.1 Å². The molecular formula is C14H18N2O2S.